The number of hydrogen-bond donors (Lipinski definition) is 2. The number of rotatable bonds is 6. The Morgan fingerprint density at radius 1 is 1.17 bits per heavy atom. The lowest BCUT2D eigenvalue weighted by atomic mass is 9.92. The summed E-state index contributed by atoms with van der Waals surface area (Å²) < 4.78 is 5.37. The monoisotopic (exact) mass is 502 g/mol. The maximum absolute atomic E-state index is 12.9. The molecule has 2 N–H and O–H groups in total. The lowest BCUT2D eigenvalue weighted by molar-refractivity contribution is 0.0926. The van der Waals surface area contributed by atoms with E-state index in [1.54, 1.807) is 30.2 Å². The van der Waals surface area contributed by atoms with E-state index in [1.807, 2.05) is 48.5 Å². The van der Waals surface area contributed by atoms with Gasteiger partial charge in [-0.3, -0.25) is 14.7 Å². The molecule has 0 radical (unpaired) electrons. The van der Waals surface area contributed by atoms with Gasteiger partial charge in [0.05, 0.1) is 6.61 Å². The molecule has 0 saturated heterocycles. The Balaban J connectivity index is 1.40. The highest BCUT2D eigenvalue weighted by Crippen LogP contribution is 2.39. The van der Waals surface area contributed by atoms with E-state index in [2.05, 4.69) is 15.3 Å². The smallest absolute Gasteiger partial charge is 0.410 e. The average Bonchev–Trinajstić information content (AvgIpc) is 3.26. The van der Waals surface area contributed by atoms with Crippen molar-refractivity contribution in [2.45, 2.75) is 25.8 Å². The molecule has 184 valence electrons. The fourth-order valence-electron chi connectivity index (χ4n) is 4.78. The summed E-state index contributed by atoms with van der Waals surface area (Å²) in [7, 11) is 0. The Kier molecular flexibility index (Phi) is 6.91. The van der Waals surface area contributed by atoms with Crippen LogP contribution in [0.4, 0.5) is 4.79 Å². The van der Waals surface area contributed by atoms with E-state index in [0.29, 0.717) is 43.1 Å². The molecule has 36 heavy (non-hydrogen) atoms. The average molecular weight is 503 g/mol. The quantitative estimate of drug-likeness (QED) is 0.375. The van der Waals surface area contributed by atoms with Crippen LogP contribution in [0, 0.1) is 0 Å². The van der Waals surface area contributed by atoms with Crippen molar-refractivity contribution in [1.29, 1.82) is 0 Å². The topological polar surface area (TPSA) is 87.3 Å². The fourth-order valence-corrected chi connectivity index (χ4v) is 4.95. The molecule has 8 heteroatoms. The van der Waals surface area contributed by atoms with Gasteiger partial charge in [-0.15, -0.1) is 0 Å². The van der Waals surface area contributed by atoms with Gasteiger partial charge in [0, 0.05) is 58.6 Å². The number of pyridine rings is 1. The van der Waals surface area contributed by atoms with Crippen LogP contribution in [0.15, 0.2) is 66.9 Å². The summed E-state index contributed by atoms with van der Waals surface area (Å²) in [6.07, 6.45) is 2.74. The van der Waals surface area contributed by atoms with Crippen molar-refractivity contribution in [2.75, 3.05) is 19.7 Å². The molecule has 7 nitrogen and oxygen atoms in total. The number of aromatic nitrogens is 2. The fraction of sp³-hybridized carbons (Fsp3) is 0.250. The molecule has 0 bridgehead atoms. The van der Waals surface area contributed by atoms with Crippen molar-refractivity contribution >= 4 is 34.5 Å². The van der Waals surface area contributed by atoms with Crippen LogP contribution >= 0.6 is 11.6 Å². The van der Waals surface area contributed by atoms with Gasteiger partial charge < -0.3 is 15.0 Å². The molecule has 3 heterocycles. The van der Waals surface area contributed by atoms with E-state index in [1.165, 1.54) is 0 Å². The number of ether oxygens (including phenoxy) is 1. The first-order valence-electron chi connectivity index (χ1n) is 12.1. The summed E-state index contributed by atoms with van der Waals surface area (Å²) in [5.41, 5.74) is 5.45. The van der Waals surface area contributed by atoms with Crippen LogP contribution in [0.1, 0.15) is 45.8 Å². The number of halogens is 1. The molecule has 1 aliphatic heterocycles. The predicted molar refractivity (Wildman–Crippen MR) is 139 cm³/mol. The molecule has 5 rings (SSSR count). The summed E-state index contributed by atoms with van der Waals surface area (Å²) in [6.45, 7) is 3.12. The lowest BCUT2D eigenvalue weighted by Crippen LogP contribution is -2.41. The van der Waals surface area contributed by atoms with Gasteiger partial charge in [0.2, 0.25) is 0 Å². The third-order valence-electron chi connectivity index (χ3n) is 6.47. The summed E-state index contributed by atoms with van der Waals surface area (Å²) >= 11 is 6.27. The lowest BCUT2D eigenvalue weighted by Gasteiger charge is -2.35. The largest absolute Gasteiger partial charge is 0.450 e. The Hall–Kier alpha value is -3.84. The van der Waals surface area contributed by atoms with Crippen molar-refractivity contribution in [1.82, 2.24) is 20.2 Å². The van der Waals surface area contributed by atoms with Crippen molar-refractivity contribution in [3.05, 3.63) is 100.0 Å². The number of H-pyrrole nitrogens is 1. The molecule has 0 spiro atoms. The van der Waals surface area contributed by atoms with Crippen LogP contribution < -0.4 is 5.32 Å². The zero-order valence-electron chi connectivity index (χ0n) is 20.0. The molecule has 2 amide bonds. The third-order valence-corrected chi connectivity index (χ3v) is 6.71. The van der Waals surface area contributed by atoms with E-state index in [-0.39, 0.29) is 18.0 Å². The third kappa shape index (κ3) is 4.79. The number of aromatic amines is 1. The molecular weight excluding hydrogens is 476 g/mol. The summed E-state index contributed by atoms with van der Waals surface area (Å²) in [5.74, 6) is -0.149. The van der Waals surface area contributed by atoms with Crippen molar-refractivity contribution < 1.29 is 14.3 Å². The maximum atomic E-state index is 12.9. The second kappa shape index (κ2) is 10.4. The van der Waals surface area contributed by atoms with Gasteiger partial charge in [0.1, 0.15) is 6.04 Å². The molecule has 1 aliphatic rings. The Labute approximate surface area is 214 Å². The molecule has 1 unspecified atom stereocenters. The minimum Gasteiger partial charge on any atom is -0.450 e. The van der Waals surface area contributed by atoms with E-state index >= 15 is 0 Å². The highest BCUT2D eigenvalue weighted by Gasteiger charge is 2.35. The van der Waals surface area contributed by atoms with Gasteiger partial charge >= 0.3 is 6.09 Å². The molecule has 2 aromatic carbocycles. The van der Waals surface area contributed by atoms with E-state index in [0.717, 1.165) is 33.4 Å². The van der Waals surface area contributed by atoms with Gasteiger partial charge in [-0.1, -0.05) is 29.8 Å². The van der Waals surface area contributed by atoms with E-state index < -0.39 is 0 Å². The van der Waals surface area contributed by atoms with Gasteiger partial charge in [-0.2, -0.15) is 0 Å². The normalized spacial score (nSPS) is 14.9. The number of carbonyl (C=O) groups is 2. The second-order valence-electron chi connectivity index (χ2n) is 8.70. The second-order valence-corrected chi connectivity index (χ2v) is 9.14. The molecule has 4 aromatic rings. The van der Waals surface area contributed by atoms with Crippen LogP contribution in [0.25, 0.3) is 10.9 Å². The van der Waals surface area contributed by atoms with Crippen LogP contribution in [-0.2, 0) is 17.6 Å². The van der Waals surface area contributed by atoms with Crippen molar-refractivity contribution in [3.8, 4) is 0 Å². The van der Waals surface area contributed by atoms with E-state index in [9.17, 15) is 9.59 Å². The summed E-state index contributed by atoms with van der Waals surface area (Å²) in [4.78, 5) is 35.1. The zero-order chi connectivity index (χ0) is 25.1. The summed E-state index contributed by atoms with van der Waals surface area (Å²) in [6, 6.07) is 18.5. The minimum absolute atomic E-state index is 0.149. The van der Waals surface area contributed by atoms with E-state index in [4.69, 9.17) is 16.3 Å². The van der Waals surface area contributed by atoms with Gasteiger partial charge in [0.15, 0.2) is 0 Å². The van der Waals surface area contributed by atoms with Gasteiger partial charge in [-0.25, -0.2) is 4.79 Å². The number of benzene rings is 2. The molecular formula is C28H27ClN4O3. The number of carbonyl (C=O) groups excluding carboxylic acids is 2. The van der Waals surface area contributed by atoms with Crippen LogP contribution in [-0.4, -0.2) is 46.6 Å². The molecule has 0 fully saturated rings. The molecule has 2 aromatic heterocycles. The Morgan fingerprint density at radius 2 is 2.00 bits per heavy atom. The predicted octanol–water partition coefficient (Wildman–Crippen LogP) is 5.29. The number of nitrogens with zero attached hydrogens (tertiary/aromatic N) is 2. The van der Waals surface area contributed by atoms with Crippen molar-refractivity contribution in [2.24, 2.45) is 0 Å². The number of nitrogens with one attached hydrogen (secondary N) is 2. The first-order valence-corrected chi connectivity index (χ1v) is 12.4. The van der Waals surface area contributed by atoms with Crippen LogP contribution in [0.2, 0.25) is 5.02 Å². The standard InChI is InChI=1S/C28H27ClN4O3/c1-2-36-28(35)33-16-13-22-23-17-20(29)10-11-24(23)32-25(22)26(33)18-6-8-19(9-7-18)27(34)31-15-12-21-5-3-4-14-30-21/h3-11,14,17,26,32H,2,12-13,15-16H2,1H3,(H,31,34). The molecule has 0 aliphatic carbocycles. The first kappa shape index (κ1) is 23.9. The van der Waals surface area contributed by atoms with Crippen molar-refractivity contribution in [3.63, 3.8) is 0 Å². The Morgan fingerprint density at radius 3 is 2.75 bits per heavy atom. The number of hydrogen-bond acceptors (Lipinski definition) is 4. The van der Waals surface area contributed by atoms with Crippen LogP contribution in [0.5, 0.6) is 0 Å². The number of amides is 2. The first-order chi connectivity index (χ1) is 17.5. The SMILES string of the molecule is CCOC(=O)N1CCc2c([nH]c3ccc(Cl)cc23)C1c1ccc(C(=O)NCCc2ccccn2)cc1. The summed E-state index contributed by atoms with van der Waals surface area (Å²) in [5, 5.41) is 4.68. The molecule has 1 atom stereocenters. The Bertz CT molecular complexity index is 1390. The minimum atomic E-state index is -0.361. The zero-order valence-corrected chi connectivity index (χ0v) is 20.7. The highest BCUT2D eigenvalue weighted by molar-refractivity contribution is 6.31. The van der Waals surface area contributed by atoms with Gasteiger partial charge in [0.25, 0.3) is 5.91 Å². The maximum Gasteiger partial charge on any atom is 0.410 e. The number of fused-ring (bicyclic) bond motifs is 3. The molecule has 0 saturated carbocycles. The van der Waals surface area contributed by atoms with Gasteiger partial charge in [-0.05, 0) is 66.9 Å². The highest BCUT2D eigenvalue weighted by atomic mass is 35.5. The van der Waals surface area contributed by atoms with Crippen LogP contribution in [0.3, 0.4) is 0 Å².